The molecule has 3 N–H and O–H groups in total. The minimum Gasteiger partial charge on any atom is -0.515 e. The fraction of sp³-hybridized carbons (Fsp3) is 0.250. The van der Waals surface area contributed by atoms with Crippen molar-refractivity contribution < 1.29 is 15.3 Å². The predicted octanol–water partition coefficient (Wildman–Crippen LogP) is 2.63. The third kappa shape index (κ3) is 2.85. The minimum atomic E-state index is 0.278. The summed E-state index contributed by atoms with van der Waals surface area (Å²) in [6.45, 7) is 4.91. The summed E-state index contributed by atoms with van der Waals surface area (Å²) in [6, 6.07) is 0. The van der Waals surface area contributed by atoms with Crippen molar-refractivity contribution in [2.45, 2.75) is 20.8 Å². The van der Waals surface area contributed by atoms with Crippen molar-refractivity contribution in [3.05, 3.63) is 36.3 Å². The number of aliphatic hydroxyl groups is 3. The van der Waals surface area contributed by atoms with Gasteiger partial charge in [0.2, 0.25) is 0 Å². The lowest BCUT2D eigenvalue weighted by Crippen LogP contribution is -2.05. The van der Waals surface area contributed by atoms with E-state index in [4.69, 9.17) is 15.3 Å². The van der Waals surface area contributed by atoms with E-state index < -0.39 is 0 Å². The molecule has 0 radical (unpaired) electrons. The van der Waals surface area contributed by atoms with Gasteiger partial charge in [-0.15, -0.1) is 0 Å². The van der Waals surface area contributed by atoms with E-state index in [1.807, 2.05) is 0 Å². The first kappa shape index (κ1) is 13.7. The molecule has 0 amide bonds. The van der Waals surface area contributed by atoms with Crippen LogP contribution in [0.4, 0.5) is 0 Å². The average molecular weight is 249 g/mol. The van der Waals surface area contributed by atoms with E-state index >= 15 is 0 Å². The minimum absolute atomic E-state index is 0.278. The first-order valence-corrected chi connectivity index (χ1v) is 5.23. The number of aromatic nitrogens is 3. The third-order valence-corrected chi connectivity index (χ3v) is 2.27. The summed E-state index contributed by atoms with van der Waals surface area (Å²) < 4.78 is 0. The van der Waals surface area contributed by atoms with Crippen molar-refractivity contribution in [3.8, 4) is 0 Å². The molecule has 0 saturated carbocycles. The molecule has 0 bridgehead atoms. The molecule has 0 aliphatic rings. The van der Waals surface area contributed by atoms with Gasteiger partial charge in [0.15, 0.2) is 17.5 Å². The van der Waals surface area contributed by atoms with E-state index in [9.17, 15) is 0 Å². The Hall–Kier alpha value is -2.37. The highest BCUT2D eigenvalue weighted by Gasteiger charge is 2.11. The van der Waals surface area contributed by atoms with Gasteiger partial charge < -0.3 is 15.3 Å². The van der Waals surface area contributed by atoms with Gasteiger partial charge in [-0.05, 0) is 20.8 Å². The maximum absolute atomic E-state index is 8.97. The molecule has 0 spiro atoms. The van der Waals surface area contributed by atoms with Gasteiger partial charge in [0.1, 0.15) is 0 Å². The molecule has 0 aromatic carbocycles. The fourth-order valence-corrected chi connectivity index (χ4v) is 1.08. The number of hydrogen-bond donors (Lipinski definition) is 3. The summed E-state index contributed by atoms with van der Waals surface area (Å²) in [4.78, 5) is 12.3. The Bertz CT molecular complexity index is 445. The Morgan fingerprint density at radius 2 is 0.889 bits per heavy atom. The third-order valence-electron chi connectivity index (χ3n) is 2.27. The molecule has 0 aliphatic carbocycles. The van der Waals surface area contributed by atoms with Crippen LogP contribution in [0.15, 0.2) is 18.8 Å². The van der Waals surface area contributed by atoms with Gasteiger partial charge in [-0.2, -0.15) is 0 Å². The molecular weight excluding hydrogens is 234 g/mol. The molecule has 0 unspecified atom stereocenters. The summed E-state index contributed by atoms with van der Waals surface area (Å²) in [5.74, 6) is 0.833. The highest BCUT2D eigenvalue weighted by Crippen LogP contribution is 2.16. The highest BCUT2D eigenvalue weighted by atomic mass is 16.2. The Morgan fingerprint density at radius 1 is 0.667 bits per heavy atom. The quantitative estimate of drug-likeness (QED) is 0.712. The van der Waals surface area contributed by atoms with Gasteiger partial charge >= 0.3 is 0 Å². The summed E-state index contributed by atoms with van der Waals surface area (Å²) in [5, 5.41) is 26.9. The van der Waals surface area contributed by atoms with Gasteiger partial charge in [-0.1, -0.05) is 0 Å². The first-order chi connectivity index (χ1) is 8.53. The highest BCUT2D eigenvalue weighted by molar-refractivity contribution is 5.64. The lowest BCUT2D eigenvalue weighted by atomic mass is 10.2. The molecular formula is C12H15N3O3. The summed E-state index contributed by atoms with van der Waals surface area (Å²) in [7, 11) is 0. The van der Waals surface area contributed by atoms with Crippen LogP contribution in [-0.2, 0) is 0 Å². The van der Waals surface area contributed by atoms with Crippen LogP contribution in [0.25, 0.3) is 16.7 Å². The zero-order chi connectivity index (χ0) is 13.7. The van der Waals surface area contributed by atoms with E-state index in [0.717, 1.165) is 18.8 Å². The monoisotopic (exact) mass is 249 g/mol. The fourth-order valence-electron chi connectivity index (χ4n) is 1.08. The van der Waals surface area contributed by atoms with Crippen molar-refractivity contribution in [1.82, 2.24) is 15.0 Å². The lowest BCUT2D eigenvalue weighted by Gasteiger charge is -2.06. The van der Waals surface area contributed by atoms with Gasteiger partial charge in [0, 0.05) is 16.7 Å². The molecule has 0 fully saturated rings. The van der Waals surface area contributed by atoms with Crippen LogP contribution in [0.2, 0.25) is 0 Å². The summed E-state index contributed by atoms with van der Waals surface area (Å²) in [5.41, 5.74) is 1.36. The van der Waals surface area contributed by atoms with Gasteiger partial charge in [-0.3, -0.25) is 0 Å². The molecule has 1 heterocycles. The van der Waals surface area contributed by atoms with Crippen LogP contribution in [-0.4, -0.2) is 30.3 Å². The van der Waals surface area contributed by atoms with E-state index in [1.54, 1.807) is 20.8 Å². The molecule has 1 rings (SSSR count). The zero-order valence-electron chi connectivity index (χ0n) is 10.4. The second-order valence-corrected chi connectivity index (χ2v) is 3.74. The molecule has 96 valence electrons. The number of hydrogen-bond acceptors (Lipinski definition) is 6. The molecule has 0 saturated heterocycles. The number of aliphatic hydroxyl groups excluding tert-OH is 3. The number of rotatable bonds is 3. The molecule has 0 atom stereocenters. The summed E-state index contributed by atoms with van der Waals surface area (Å²) >= 11 is 0. The Balaban J connectivity index is 3.48. The topological polar surface area (TPSA) is 99.4 Å². The molecule has 6 nitrogen and oxygen atoms in total. The van der Waals surface area contributed by atoms with E-state index in [2.05, 4.69) is 15.0 Å². The Morgan fingerprint density at radius 3 is 1.06 bits per heavy atom. The van der Waals surface area contributed by atoms with Crippen molar-refractivity contribution in [2.75, 3.05) is 0 Å². The molecule has 1 aromatic rings. The van der Waals surface area contributed by atoms with Crippen LogP contribution in [0.1, 0.15) is 38.2 Å². The van der Waals surface area contributed by atoms with Crippen LogP contribution in [0.3, 0.4) is 0 Å². The largest absolute Gasteiger partial charge is 0.515 e. The molecule has 6 heteroatoms. The van der Waals surface area contributed by atoms with Crippen molar-refractivity contribution in [2.24, 2.45) is 0 Å². The molecule has 18 heavy (non-hydrogen) atoms. The SMILES string of the molecule is C/C(=C/O)c1nc(/C(C)=C\O)nc(/C(C)=C/O)n1. The standard InChI is InChI=1S/C12H15N3O3/c1-7(4-16)10-13-11(8(2)5-17)15-12(14-10)9(3)6-18/h4-6,16-18H,1-3H3/b7-4-,8-5-,9-6+. The van der Waals surface area contributed by atoms with Crippen LogP contribution < -0.4 is 0 Å². The lowest BCUT2D eigenvalue weighted by molar-refractivity contribution is 0.474. The Kier molecular flexibility index (Phi) is 4.42. The maximum Gasteiger partial charge on any atom is 0.162 e. The van der Waals surface area contributed by atoms with Crippen molar-refractivity contribution in [3.63, 3.8) is 0 Å². The van der Waals surface area contributed by atoms with E-state index in [1.165, 1.54) is 0 Å². The van der Waals surface area contributed by atoms with Gasteiger partial charge in [0.05, 0.1) is 18.8 Å². The van der Waals surface area contributed by atoms with Crippen molar-refractivity contribution >= 4 is 16.7 Å². The van der Waals surface area contributed by atoms with Crippen LogP contribution in [0, 0.1) is 0 Å². The maximum atomic E-state index is 8.97. The summed E-state index contributed by atoms with van der Waals surface area (Å²) in [6.07, 6.45) is 2.66. The Labute approximate surface area is 105 Å². The second-order valence-electron chi connectivity index (χ2n) is 3.74. The second kappa shape index (κ2) is 5.81. The van der Waals surface area contributed by atoms with Crippen LogP contribution in [0.5, 0.6) is 0 Å². The van der Waals surface area contributed by atoms with E-state index in [-0.39, 0.29) is 17.5 Å². The smallest absolute Gasteiger partial charge is 0.162 e. The van der Waals surface area contributed by atoms with E-state index in [0.29, 0.717) is 16.7 Å². The average Bonchev–Trinajstić information content (AvgIpc) is 2.43. The number of allylic oxidation sites excluding steroid dienone is 3. The molecule has 0 aliphatic heterocycles. The first-order valence-electron chi connectivity index (χ1n) is 5.23. The molecule has 1 aromatic heterocycles. The normalized spacial score (nSPS) is 13.8. The zero-order valence-corrected chi connectivity index (χ0v) is 10.4. The predicted molar refractivity (Wildman–Crippen MR) is 68.7 cm³/mol. The number of nitrogens with zero attached hydrogens (tertiary/aromatic N) is 3. The van der Waals surface area contributed by atoms with Crippen LogP contribution >= 0.6 is 0 Å². The van der Waals surface area contributed by atoms with Gasteiger partial charge in [-0.25, -0.2) is 15.0 Å². The van der Waals surface area contributed by atoms with Gasteiger partial charge in [0.25, 0.3) is 0 Å². The van der Waals surface area contributed by atoms with Crippen molar-refractivity contribution in [1.29, 1.82) is 0 Å².